The van der Waals surface area contributed by atoms with Gasteiger partial charge in [-0.25, -0.2) is 4.79 Å². The Morgan fingerprint density at radius 3 is 2.33 bits per heavy atom. The van der Waals surface area contributed by atoms with Gasteiger partial charge in [0, 0.05) is 17.6 Å². The van der Waals surface area contributed by atoms with Crippen molar-refractivity contribution < 1.29 is 29.4 Å². The first kappa shape index (κ1) is 21.8. The highest BCUT2D eigenvalue weighted by Crippen LogP contribution is 2.44. The molecule has 0 amide bonds. The molecule has 0 aliphatic carbocycles. The van der Waals surface area contributed by atoms with Gasteiger partial charge in [-0.3, -0.25) is 0 Å². The molecule has 2 heterocycles. The molecule has 30 heavy (non-hydrogen) atoms. The predicted octanol–water partition coefficient (Wildman–Crippen LogP) is -0.451. The molecule has 1 unspecified atom stereocenters. The Morgan fingerprint density at radius 2 is 1.70 bits per heavy atom. The number of para-hydroxylation sites is 1. The van der Waals surface area contributed by atoms with Gasteiger partial charge < -0.3 is 29.5 Å². The SMILES string of the molecule is CC1(c2ccccc2)CN(CC[NH+]2CCOCC2)c2ccccc21.O=C([O-])C(=O)O. The lowest BCUT2D eigenvalue weighted by Crippen LogP contribution is -3.14. The van der Waals surface area contributed by atoms with Crippen LogP contribution in [0.5, 0.6) is 0 Å². The Balaban J connectivity index is 0.000000377. The molecule has 1 atom stereocenters. The second-order valence-corrected chi connectivity index (χ2v) is 7.84. The molecule has 4 rings (SSSR count). The first-order chi connectivity index (χ1) is 14.4. The van der Waals surface area contributed by atoms with Crippen LogP contribution in [0.25, 0.3) is 0 Å². The molecular formula is C23H28N2O5. The van der Waals surface area contributed by atoms with E-state index in [0.717, 1.165) is 39.4 Å². The van der Waals surface area contributed by atoms with Crippen molar-refractivity contribution in [2.24, 2.45) is 0 Å². The zero-order chi connectivity index (χ0) is 21.6. The summed E-state index contributed by atoms with van der Waals surface area (Å²) in [7, 11) is 0. The van der Waals surface area contributed by atoms with Crippen LogP contribution in [0.2, 0.25) is 0 Å². The summed E-state index contributed by atoms with van der Waals surface area (Å²) in [6.07, 6.45) is 0. The van der Waals surface area contributed by atoms with Crippen LogP contribution in [-0.2, 0) is 19.7 Å². The van der Waals surface area contributed by atoms with E-state index < -0.39 is 11.9 Å². The standard InChI is InChI=1S/C21H26N2O.C2H2O4/c1-21(18-7-3-2-4-8-18)17-23(20-10-6-5-9-19(20)21)12-11-22-13-15-24-16-14-22;3-1(4)2(5)6/h2-10H,11-17H2,1H3;(H,3,4)(H,5,6). The normalized spacial score (nSPS) is 20.8. The molecular weight excluding hydrogens is 384 g/mol. The molecule has 1 saturated heterocycles. The number of carbonyl (C=O) groups excluding carboxylic acids is 1. The zero-order valence-corrected chi connectivity index (χ0v) is 17.2. The fourth-order valence-electron chi connectivity index (χ4n) is 4.22. The molecule has 7 heteroatoms. The van der Waals surface area contributed by atoms with Gasteiger partial charge in [0.15, 0.2) is 5.97 Å². The largest absolute Gasteiger partial charge is 0.539 e. The van der Waals surface area contributed by atoms with Gasteiger partial charge in [-0.1, -0.05) is 48.5 Å². The van der Waals surface area contributed by atoms with Gasteiger partial charge in [0.05, 0.1) is 26.3 Å². The fraction of sp³-hybridized carbons (Fsp3) is 0.391. The van der Waals surface area contributed by atoms with Crippen molar-refractivity contribution in [3.05, 3.63) is 65.7 Å². The number of ether oxygens (including phenoxy) is 1. The molecule has 0 bridgehead atoms. The molecule has 2 N–H and O–H groups in total. The van der Waals surface area contributed by atoms with Crippen LogP contribution >= 0.6 is 0 Å². The molecule has 2 aromatic carbocycles. The number of hydrogen-bond acceptors (Lipinski definition) is 5. The van der Waals surface area contributed by atoms with Crippen LogP contribution < -0.4 is 14.9 Å². The zero-order valence-electron chi connectivity index (χ0n) is 17.2. The Bertz CT molecular complexity index is 855. The molecule has 0 radical (unpaired) electrons. The topological polar surface area (TPSA) is 94.3 Å². The van der Waals surface area contributed by atoms with Crippen molar-refractivity contribution in [3.63, 3.8) is 0 Å². The highest BCUT2D eigenvalue weighted by atomic mass is 16.5. The quantitative estimate of drug-likeness (QED) is 0.661. The van der Waals surface area contributed by atoms with Crippen LogP contribution in [-0.4, -0.2) is 63.0 Å². The first-order valence-corrected chi connectivity index (χ1v) is 10.2. The van der Waals surface area contributed by atoms with E-state index in [1.165, 1.54) is 23.4 Å². The van der Waals surface area contributed by atoms with Crippen molar-refractivity contribution in [3.8, 4) is 0 Å². The maximum Gasteiger partial charge on any atom is 0.351 e. The van der Waals surface area contributed by atoms with Crippen molar-refractivity contribution in [1.82, 2.24) is 0 Å². The Kier molecular flexibility index (Phi) is 7.07. The molecule has 2 aliphatic rings. The maximum absolute atomic E-state index is 9.04. The van der Waals surface area contributed by atoms with Gasteiger partial charge >= 0.3 is 5.97 Å². The van der Waals surface area contributed by atoms with Gasteiger partial charge in [0.2, 0.25) is 0 Å². The van der Waals surface area contributed by atoms with Crippen molar-refractivity contribution in [2.45, 2.75) is 12.3 Å². The molecule has 1 fully saturated rings. The van der Waals surface area contributed by atoms with E-state index in [1.54, 1.807) is 4.90 Å². The van der Waals surface area contributed by atoms with E-state index in [-0.39, 0.29) is 5.41 Å². The average Bonchev–Trinajstić information content (AvgIpc) is 3.07. The van der Waals surface area contributed by atoms with Gasteiger partial charge in [-0.05, 0) is 24.1 Å². The summed E-state index contributed by atoms with van der Waals surface area (Å²) < 4.78 is 5.48. The molecule has 2 aromatic rings. The molecule has 2 aliphatic heterocycles. The number of hydrogen-bond donors (Lipinski definition) is 2. The fourth-order valence-corrected chi connectivity index (χ4v) is 4.22. The lowest BCUT2D eigenvalue weighted by atomic mass is 9.78. The number of benzene rings is 2. The van der Waals surface area contributed by atoms with Crippen molar-refractivity contribution in [2.75, 3.05) is 50.8 Å². The predicted molar refractivity (Wildman–Crippen MR) is 111 cm³/mol. The molecule has 0 aromatic heterocycles. The summed E-state index contributed by atoms with van der Waals surface area (Å²) >= 11 is 0. The first-order valence-electron chi connectivity index (χ1n) is 10.2. The van der Waals surface area contributed by atoms with Gasteiger partial charge in [-0.15, -0.1) is 0 Å². The molecule has 0 saturated carbocycles. The number of rotatable bonds is 4. The summed E-state index contributed by atoms with van der Waals surface area (Å²) in [6, 6.07) is 19.9. The van der Waals surface area contributed by atoms with Gasteiger partial charge in [0.1, 0.15) is 13.1 Å². The summed E-state index contributed by atoms with van der Waals surface area (Å²) in [6.45, 7) is 9.89. The number of carboxylic acid groups (broad SMARTS) is 2. The lowest BCUT2D eigenvalue weighted by Gasteiger charge is -2.29. The number of fused-ring (bicyclic) bond motifs is 1. The maximum atomic E-state index is 9.04. The minimum Gasteiger partial charge on any atom is -0.539 e. The lowest BCUT2D eigenvalue weighted by molar-refractivity contribution is -0.906. The number of morpholine rings is 1. The second-order valence-electron chi connectivity index (χ2n) is 7.84. The number of carboxylic acids is 2. The smallest absolute Gasteiger partial charge is 0.351 e. The van der Waals surface area contributed by atoms with Crippen LogP contribution in [0.15, 0.2) is 54.6 Å². The summed E-state index contributed by atoms with van der Waals surface area (Å²) in [5.41, 5.74) is 4.38. The Morgan fingerprint density at radius 1 is 1.10 bits per heavy atom. The third-order valence-electron chi connectivity index (χ3n) is 5.87. The number of nitrogens with one attached hydrogen (secondary N) is 1. The molecule has 7 nitrogen and oxygen atoms in total. The van der Waals surface area contributed by atoms with Crippen molar-refractivity contribution in [1.29, 1.82) is 0 Å². The Hall–Kier alpha value is -2.90. The molecule has 160 valence electrons. The average molecular weight is 412 g/mol. The van der Waals surface area contributed by atoms with E-state index in [1.807, 2.05) is 0 Å². The van der Waals surface area contributed by atoms with Gasteiger partial charge in [0.25, 0.3) is 0 Å². The second kappa shape index (κ2) is 9.73. The molecule has 0 spiro atoms. The van der Waals surface area contributed by atoms with E-state index in [2.05, 4.69) is 66.4 Å². The van der Waals surface area contributed by atoms with Crippen molar-refractivity contribution >= 4 is 17.6 Å². The number of quaternary nitrogens is 1. The number of aliphatic carboxylic acids is 2. The van der Waals surface area contributed by atoms with E-state index in [9.17, 15) is 0 Å². The monoisotopic (exact) mass is 412 g/mol. The van der Waals surface area contributed by atoms with E-state index >= 15 is 0 Å². The van der Waals surface area contributed by atoms with Crippen LogP contribution in [0.1, 0.15) is 18.1 Å². The summed E-state index contributed by atoms with van der Waals surface area (Å²) in [4.78, 5) is 22.3. The number of anilines is 1. The minimum atomic E-state index is -2.07. The van der Waals surface area contributed by atoms with Gasteiger partial charge in [-0.2, -0.15) is 0 Å². The van der Waals surface area contributed by atoms with Crippen LogP contribution in [0.3, 0.4) is 0 Å². The highest BCUT2D eigenvalue weighted by molar-refractivity contribution is 6.26. The van der Waals surface area contributed by atoms with E-state index in [0.29, 0.717) is 0 Å². The highest BCUT2D eigenvalue weighted by Gasteiger charge is 2.40. The summed E-state index contributed by atoms with van der Waals surface area (Å²) in [5, 5.41) is 16.3. The van der Waals surface area contributed by atoms with Crippen LogP contribution in [0, 0.1) is 0 Å². The van der Waals surface area contributed by atoms with E-state index in [4.69, 9.17) is 24.5 Å². The Labute approximate surface area is 176 Å². The third kappa shape index (κ3) is 4.98. The summed E-state index contributed by atoms with van der Waals surface area (Å²) in [5.74, 6) is -4.01. The third-order valence-corrected chi connectivity index (χ3v) is 5.87. The number of carbonyl (C=O) groups is 2. The number of nitrogens with zero attached hydrogens (tertiary/aromatic N) is 1. The minimum absolute atomic E-state index is 0.0815. The van der Waals surface area contributed by atoms with Crippen LogP contribution in [0.4, 0.5) is 5.69 Å².